The van der Waals surface area contributed by atoms with E-state index >= 15 is 0 Å². The average Bonchev–Trinajstić information content (AvgIpc) is 2.74. The van der Waals surface area contributed by atoms with Crippen LogP contribution in [0.1, 0.15) is 34.8 Å². The molecule has 0 saturated carbocycles. The first-order valence-electron chi connectivity index (χ1n) is 9.47. The highest BCUT2D eigenvalue weighted by Gasteiger charge is 2.19. The molecule has 4 heteroatoms. The number of rotatable bonds is 8. The van der Waals surface area contributed by atoms with Crippen LogP contribution in [0.2, 0.25) is 5.02 Å². The molecular weight excluding hydrogens is 370 g/mol. The van der Waals surface area contributed by atoms with Crippen LogP contribution in [0.5, 0.6) is 5.75 Å². The topological polar surface area (TPSA) is 29.5 Å². The van der Waals surface area contributed by atoms with Crippen molar-refractivity contribution in [1.82, 2.24) is 4.90 Å². The van der Waals surface area contributed by atoms with Gasteiger partial charge >= 0.3 is 0 Å². The summed E-state index contributed by atoms with van der Waals surface area (Å²) in [5.74, 6) is 0.578. The van der Waals surface area contributed by atoms with Gasteiger partial charge in [-0.3, -0.25) is 4.79 Å². The number of carbonyl (C=O) groups is 1. The molecule has 0 aliphatic carbocycles. The van der Waals surface area contributed by atoms with Gasteiger partial charge in [-0.05, 0) is 41.8 Å². The van der Waals surface area contributed by atoms with Gasteiger partial charge in [-0.15, -0.1) is 0 Å². The van der Waals surface area contributed by atoms with E-state index < -0.39 is 0 Å². The third kappa shape index (κ3) is 5.37. The second-order valence-corrected chi connectivity index (χ2v) is 7.06. The van der Waals surface area contributed by atoms with Crippen molar-refractivity contribution < 1.29 is 9.53 Å². The van der Waals surface area contributed by atoms with Crippen LogP contribution >= 0.6 is 11.6 Å². The molecule has 144 valence electrons. The molecule has 0 radical (unpaired) electrons. The molecule has 0 saturated heterocycles. The molecule has 0 bridgehead atoms. The van der Waals surface area contributed by atoms with E-state index in [9.17, 15) is 4.79 Å². The van der Waals surface area contributed by atoms with Crippen molar-refractivity contribution in [1.29, 1.82) is 0 Å². The van der Waals surface area contributed by atoms with E-state index in [1.54, 1.807) is 0 Å². The van der Waals surface area contributed by atoms with Gasteiger partial charge in [-0.2, -0.15) is 0 Å². The molecular formula is C24H24ClNO2. The monoisotopic (exact) mass is 393 g/mol. The van der Waals surface area contributed by atoms with Crippen molar-refractivity contribution >= 4 is 17.5 Å². The molecule has 0 fully saturated rings. The Kier molecular flexibility index (Phi) is 7.10. The lowest BCUT2D eigenvalue weighted by molar-refractivity contribution is 0.0738. The van der Waals surface area contributed by atoms with Crippen LogP contribution in [0, 0.1) is 0 Å². The number of halogens is 1. The van der Waals surface area contributed by atoms with Gasteiger partial charge in [0.05, 0.1) is 5.56 Å². The van der Waals surface area contributed by atoms with E-state index in [-0.39, 0.29) is 5.91 Å². The Morgan fingerprint density at radius 2 is 1.57 bits per heavy atom. The van der Waals surface area contributed by atoms with Crippen LogP contribution in [0.4, 0.5) is 0 Å². The maximum absolute atomic E-state index is 13.3. The van der Waals surface area contributed by atoms with Gasteiger partial charge in [0.1, 0.15) is 12.4 Å². The smallest absolute Gasteiger partial charge is 0.257 e. The molecule has 3 aromatic carbocycles. The summed E-state index contributed by atoms with van der Waals surface area (Å²) >= 11 is 5.98. The minimum Gasteiger partial charge on any atom is -0.488 e. The number of carbonyl (C=O) groups excluding carboxylic acids is 1. The van der Waals surface area contributed by atoms with Crippen molar-refractivity contribution in [3.63, 3.8) is 0 Å². The first kappa shape index (κ1) is 20.0. The zero-order chi connectivity index (χ0) is 19.8. The predicted octanol–water partition coefficient (Wildman–Crippen LogP) is 5.97. The van der Waals surface area contributed by atoms with Crippen LogP contribution in [0.25, 0.3) is 0 Å². The van der Waals surface area contributed by atoms with Gasteiger partial charge in [-0.25, -0.2) is 0 Å². The van der Waals surface area contributed by atoms with Gasteiger partial charge in [0.15, 0.2) is 0 Å². The quantitative estimate of drug-likeness (QED) is 0.471. The van der Waals surface area contributed by atoms with E-state index in [2.05, 4.69) is 6.92 Å². The number of hydrogen-bond acceptors (Lipinski definition) is 2. The second-order valence-electron chi connectivity index (χ2n) is 6.62. The Morgan fingerprint density at radius 1 is 0.893 bits per heavy atom. The molecule has 3 rings (SSSR count). The molecule has 0 aliphatic rings. The molecule has 28 heavy (non-hydrogen) atoms. The highest BCUT2D eigenvalue weighted by atomic mass is 35.5. The third-order valence-corrected chi connectivity index (χ3v) is 4.67. The molecule has 0 aromatic heterocycles. The van der Waals surface area contributed by atoms with E-state index in [1.165, 1.54) is 0 Å². The number of nitrogens with zero attached hydrogens (tertiary/aromatic N) is 1. The lowest BCUT2D eigenvalue weighted by Gasteiger charge is -2.23. The van der Waals surface area contributed by atoms with Crippen molar-refractivity contribution in [2.75, 3.05) is 6.54 Å². The summed E-state index contributed by atoms with van der Waals surface area (Å²) in [6.45, 7) is 3.71. The lowest BCUT2D eigenvalue weighted by Crippen LogP contribution is -2.31. The van der Waals surface area contributed by atoms with Crippen LogP contribution in [0.3, 0.4) is 0 Å². The summed E-state index contributed by atoms with van der Waals surface area (Å²) in [6, 6.07) is 25.0. The van der Waals surface area contributed by atoms with E-state index in [0.717, 1.165) is 17.5 Å². The molecule has 0 N–H and O–H groups in total. The maximum Gasteiger partial charge on any atom is 0.257 e. The summed E-state index contributed by atoms with van der Waals surface area (Å²) in [7, 11) is 0. The van der Waals surface area contributed by atoms with Crippen molar-refractivity contribution in [2.45, 2.75) is 26.5 Å². The second kappa shape index (κ2) is 9.95. The van der Waals surface area contributed by atoms with Gasteiger partial charge in [0.25, 0.3) is 5.91 Å². The highest BCUT2D eigenvalue weighted by Crippen LogP contribution is 2.23. The Balaban J connectivity index is 1.77. The van der Waals surface area contributed by atoms with Gasteiger partial charge in [-0.1, -0.05) is 73.1 Å². The Labute approximate surface area is 171 Å². The van der Waals surface area contributed by atoms with Crippen molar-refractivity contribution in [2.24, 2.45) is 0 Å². The zero-order valence-corrected chi connectivity index (χ0v) is 16.7. The van der Waals surface area contributed by atoms with Gasteiger partial charge < -0.3 is 9.64 Å². The number of hydrogen-bond donors (Lipinski definition) is 0. The maximum atomic E-state index is 13.3. The van der Waals surface area contributed by atoms with Crippen LogP contribution < -0.4 is 4.74 Å². The fraction of sp³-hybridized carbons (Fsp3) is 0.208. The van der Waals surface area contributed by atoms with Crippen LogP contribution in [-0.2, 0) is 13.2 Å². The van der Waals surface area contributed by atoms with Crippen molar-refractivity contribution in [3.05, 3.63) is 101 Å². The first-order valence-corrected chi connectivity index (χ1v) is 9.84. The summed E-state index contributed by atoms with van der Waals surface area (Å²) in [5.41, 5.74) is 2.70. The fourth-order valence-corrected chi connectivity index (χ4v) is 3.13. The zero-order valence-electron chi connectivity index (χ0n) is 16.0. The molecule has 0 aliphatic heterocycles. The molecule has 3 nitrogen and oxygen atoms in total. The minimum atomic E-state index is -0.0274. The Hall–Kier alpha value is -2.78. The number of ether oxygens (including phenoxy) is 1. The highest BCUT2D eigenvalue weighted by molar-refractivity contribution is 6.30. The van der Waals surface area contributed by atoms with Gasteiger partial charge in [0.2, 0.25) is 0 Å². The first-order chi connectivity index (χ1) is 13.7. The SMILES string of the molecule is CCCN(Cc1ccc(Cl)cc1)C(=O)c1ccccc1OCc1ccccc1. The average molecular weight is 394 g/mol. The third-order valence-electron chi connectivity index (χ3n) is 4.42. The Bertz CT molecular complexity index is 894. The van der Waals surface area contributed by atoms with Gasteiger partial charge in [0, 0.05) is 18.1 Å². The fourth-order valence-electron chi connectivity index (χ4n) is 3.01. The van der Waals surface area contributed by atoms with Crippen LogP contribution in [0.15, 0.2) is 78.9 Å². The number of amides is 1. The summed E-state index contributed by atoms with van der Waals surface area (Å²) in [4.78, 5) is 15.1. The minimum absolute atomic E-state index is 0.0274. The molecule has 1 amide bonds. The van der Waals surface area contributed by atoms with E-state index in [4.69, 9.17) is 16.3 Å². The molecule has 3 aromatic rings. The van der Waals surface area contributed by atoms with E-state index in [1.807, 2.05) is 83.8 Å². The molecule has 0 unspecified atom stereocenters. The Morgan fingerprint density at radius 3 is 2.29 bits per heavy atom. The number of para-hydroxylation sites is 1. The molecule has 0 heterocycles. The summed E-state index contributed by atoms with van der Waals surface area (Å²) in [6.07, 6.45) is 0.881. The standard InChI is InChI=1S/C24H24ClNO2/c1-2-16-26(17-19-12-14-21(25)15-13-19)24(27)22-10-6-7-11-23(22)28-18-20-8-4-3-5-9-20/h3-15H,2,16-18H2,1H3. The largest absolute Gasteiger partial charge is 0.488 e. The number of benzene rings is 3. The van der Waals surface area contributed by atoms with Crippen LogP contribution in [-0.4, -0.2) is 17.4 Å². The molecule has 0 atom stereocenters. The normalized spacial score (nSPS) is 10.5. The van der Waals surface area contributed by atoms with Crippen molar-refractivity contribution in [3.8, 4) is 5.75 Å². The lowest BCUT2D eigenvalue weighted by atomic mass is 10.1. The summed E-state index contributed by atoms with van der Waals surface area (Å²) < 4.78 is 5.97. The summed E-state index contributed by atoms with van der Waals surface area (Å²) in [5, 5.41) is 0.691. The van der Waals surface area contributed by atoms with E-state index in [0.29, 0.717) is 36.0 Å². The molecule has 0 spiro atoms. The predicted molar refractivity (Wildman–Crippen MR) is 114 cm³/mol.